The van der Waals surface area contributed by atoms with Gasteiger partial charge in [0, 0.05) is 12.8 Å². The highest BCUT2D eigenvalue weighted by Gasteiger charge is 2.14. The van der Waals surface area contributed by atoms with Crippen LogP contribution in [0.15, 0.2) is 0 Å². The first-order valence-corrected chi connectivity index (χ1v) is 9.70. The zero-order chi connectivity index (χ0) is 21.0. The number of carbonyl (C=O) groups excluding carboxylic acids is 3. The SMILES string of the molecule is CCCCCCCC(=O)OCCOCCOCCOC(=O)CCC(=O)C(=O)O. The molecule has 0 amide bonds. The van der Waals surface area contributed by atoms with Crippen molar-refractivity contribution >= 4 is 23.7 Å². The van der Waals surface area contributed by atoms with Crippen molar-refractivity contribution in [2.75, 3.05) is 39.6 Å². The number of ether oxygens (including phenoxy) is 4. The Morgan fingerprint density at radius 2 is 1.14 bits per heavy atom. The van der Waals surface area contributed by atoms with Gasteiger partial charge in [-0.2, -0.15) is 0 Å². The van der Waals surface area contributed by atoms with Crippen LogP contribution in [0.1, 0.15) is 58.3 Å². The van der Waals surface area contributed by atoms with E-state index in [-0.39, 0.29) is 45.2 Å². The minimum absolute atomic E-state index is 0.00989. The lowest BCUT2D eigenvalue weighted by molar-refractivity contribution is -0.151. The highest BCUT2D eigenvalue weighted by atomic mass is 16.6. The normalized spacial score (nSPS) is 10.5. The van der Waals surface area contributed by atoms with Crippen LogP contribution in [0.4, 0.5) is 0 Å². The topological polar surface area (TPSA) is 125 Å². The monoisotopic (exact) mass is 404 g/mol. The highest BCUT2D eigenvalue weighted by molar-refractivity contribution is 6.32. The molecule has 0 aliphatic rings. The zero-order valence-electron chi connectivity index (χ0n) is 16.6. The first-order chi connectivity index (χ1) is 13.5. The van der Waals surface area contributed by atoms with E-state index < -0.39 is 17.7 Å². The van der Waals surface area contributed by atoms with Crippen molar-refractivity contribution in [3.63, 3.8) is 0 Å². The molecule has 1 N–H and O–H groups in total. The molecule has 0 aromatic heterocycles. The van der Waals surface area contributed by atoms with Crippen LogP contribution < -0.4 is 0 Å². The van der Waals surface area contributed by atoms with Crippen molar-refractivity contribution in [2.24, 2.45) is 0 Å². The Morgan fingerprint density at radius 1 is 0.643 bits per heavy atom. The molecule has 0 heterocycles. The molecule has 9 heteroatoms. The van der Waals surface area contributed by atoms with Crippen LogP contribution in [-0.4, -0.2) is 68.4 Å². The summed E-state index contributed by atoms with van der Waals surface area (Å²) in [5, 5.41) is 8.37. The van der Waals surface area contributed by atoms with Crippen molar-refractivity contribution in [2.45, 2.75) is 58.3 Å². The molecular weight excluding hydrogens is 372 g/mol. The van der Waals surface area contributed by atoms with Crippen molar-refractivity contribution in [3.05, 3.63) is 0 Å². The molecule has 0 bridgehead atoms. The molecule has 0 rings (SSSR count). The fourth-order valence-electron chi connectivity index (χ4n) is 2.09. The van der Waals surface area contributed by atoms with Crippen molar-refractivity contribution in [3.8, 4) is 0 Å². The number of unbranched alkanes of at least 4 members (excludes halogenated alkanes) is 4. The van der Waals surface area contributed by atoms with Gasteiger partial charge in [-0.3, -0.25) is 14.4 Å². The van der Waals surface area contributed by atoms with E-state index in [0.717, 1.165) is 19.3 Å². The molecule has 0 atom stereocenters. The Labute approximate surface area is 165 Å². The molecule has 0 fully saturated rings. The third kappa shape index (κ3) is 17.4. The number of aliphatic carboxylic acids is 1. The highest BCUT2D eigenvalue weighted by Crippen LogP contribution is 2.05. The summed E-state index contributed by atoms with van der Waals surface area (Å²) in [5.41, 5.74) is 0. The van der Waals surface area contributed by atoms with E-state index in [2.05, 4.69) is 6.92 Å². The van der Waals surface area contributed by atoms with Crippen LogP contribution >= 0.6 is 0 Å². The van der Waals surface area contributed by atoms with E-state index in [0.29, 0.717) is 19.6 Å². The van der Waals surface area contributed by atoms with Gasteiger partial charge in [-0.25, -0.2) is 4.79 Å². The standard InChI is InChI=1S/C19H32O9/c1-2-3-4-5-6-7-17(21)27-14-12-25-10-11-26-13-15-28-18(22)9-8-16(20)19(23)24/h2-15H2,1H3,(H,23,24). The number of carbonyl (C=O) groups is 4. The van der Waals surface area contributed by atoms with Gasteiger partial charge in [0.25, 0.3) is 0 Å². The zero-order valence-corrected chi connectivity index (χ0v) is 16.6. The minimum Gasteiger partial charge on any atom is -0.476 e. The predicted molar refractivity (Wildman–Crippen MR) is 98.8 cm³/mol. The summed E-state index contributed by atoms with van der Waals surface area (Å²) in [6.45, 7) is 3.42. The van der Waals surface area contributed by atoms with Crippen molar-refractivity contribution in [1.82, 2.24) is 0 Å². The van der Waals surface area contributed by atoms with Gasteiger partial charge in [-0.15, -0.1) is 0 Å². The third-order valence-electron chi connectivity index (χ3n) is 3.63. The second-order valence-corrected chi connectivity index (χ2v) is 6.06. The van der Waals surface area contributed by atoms with Crippen molar-refractivity contribution in [1.29, 1.82) is 0 Å². The largest absolute Gasteiger partial charge is 0.476 e. The van der Waals surface area contributed by atoms with Crippen LogP contribution in [0.5, 0.6) is 0 Å². The molecule has 0 saturated carbocycles. The van der Waals surface area contributed by atoms with Crippen LogP contribution in [0.2, 0.25) is 0 Å². The second-order valence-electron chi connectivity index (χ2n) is 6.06. The lowest BCUT2D eigenvalue weighted by Gasteiger charge is -2.07. The molecule has 0 radical (unpaired) electrons. The van der Waals surface area contributed by atoms with Gasteiger partial charge >= 0.3 is 17.9 Å². The van der Waals surface area contributed by atoms with Gasteiger partial charge in [0.15, 0.2) is 0 Å². The predicted octanol–water partition coefficient (Wildman–Crippen LogP) is 1.90. The third-order valence-corrected chi connectivity index (χ3v) is 3.63. The smallest absolute Gasteiger partial charge is 0.372 e. The molecular formula is C19H32O9. The molecule has 162 valence electrons. The summed E-state index contributed by atoms with van der Waals surface area (Å²) < 4.78 is 20.3. The molecule has 28 heavy (non-hydrogen) atoms. The lowest BCUT2D eigenvalue weighted by Crippen LogP contribution is -2.17. The van der Waals surface area contributed by atoms with Crippen LogP contribution in [0.25, 0.3) is 0 Å². The van der Waals surface area contributed by atoms with Crippen LogP contribution in [0.3, 0.4) is 0 Å². The number of rotatable bonds is 19. The van der Waals surface area contributed by atoms with E-state index in [4.69, 9.17) is 24.1 Å². The quantitative estimate of drug-likeness (QED) is 0.195. The average Bonchev–Trinajstić information content (AvgIpc) is 2.67. The van der Waals surface area contributed by atoms with E-state index >= 15 is 0 Å². The lowest BCUT2D eigenvalue weighted by atomic mass is 10.1. The molecule has 0 spiro atoms. The molecule has 0 aromatic rings. The fraction of sp³-hybridized carbons (Fsp3) is 0.789. The van der Waals surface area contributed by atoms with E-state index in [1.807, 2.05) is 0 Å². The second kappa shape index (κ2) is 18.4. The van der Waals surface area contributed by atoms with Crippen LogP contribution in [0, 0.1) is 0 Å². The summed E-state index contributed by atoms with van der Waals surface area (Å²) in [7, 11) is 0. The number of hydrogen-bond acceptors (Lipinski definition) is 8. The summed E-state index contributed by atoms with van der Waals surface area (Å²) in [4.78, 5) is 43.8. The first kappa shape index (κ1) is 26.0. The molecule has 0 aliphatic heterocycles. The van der Waals surface area contributed by atoms with Gasteiger partial charge in [0.1, 0.15) is 13.2 Å². The number of hydrogen-bond donors (Lipinski definition) is 1. The molecule has 0 aromatic carbocycles. The maximum absolute atomic E-state index is 11.5. The van der Waals surface area contributed by atoms with Crippen molar-refractivity contribution < 1.29 is 43.2 Å². The summed E-state index contributed by atoms with van der Waals surface area (Å²) >= 11 is 0. The molecule has 0 aliphatic carbocycles. The molecule has 0 unspecified atom stereocenters. The van der Waals surface area contributed by atoms with E-state index in [1.165, 1.54) is 12.8 Å². The number of carboxylic acid groups (broad SMARTS) is 1. The fourth-order valence-corrected chi connectivity index (χ4v) is 2.09. The minimum atomic E-state index is -1.56. The Morgan fingerprint density at radius 3 is 1.68 bits per heavy atom. The van der Waals surface area contributed by atoms with Gasteiger partial charge in [0.2, 0.25) is 5.78 Å². The Kier molecular flexibility index (Phi) is 17.1. The maximum atomic E-state index is 11.5. The number of carboxylic acids is 1. The summed E-state index contributed by atoms with van der Waals surface area (Å²) in [6, 6.07) is 0. The Bertz CT molecular complexity index is 462. The van der Waals surface area contributed by atoms with Gasteiger partial charge < -0.3 is 24.1 Å². The number of esters is 2. The first-order valence-electron chi connectivity index (χ1n) is 9.70. The average molecular weight is 404 g/mol. The molecule has 9 nitrogen and oxygen atoms in total. The Balaban J connectivity index is 3.33. The maximum Gasteiger partial charge on any atom is 0.372 e. The van der Waals surface area contributed by atoms with Gasteiger partial charge in [-0.1, -0.05) is 32.6 Å². The number of ketones is 1. The van der Waals surface area contributed by atoms with Gasteiger partial charge in [0.05, 0.1) is 32.8 Å². The van der Waals surface area contributed by atoms with Crippen LogP contribution in [-0.2, 0) is 38.1 Å². The van der Waals surface area contributed by atoms with E-state index in [9.17, 15) is 19.2 Å². The van der Waals surface area contributed by atoms with E-state index in [1.54, 1.807) is 0 Å². The molecule has 0 saturated heterocycles. The van der Waals surface area contributed by atoms with Gasteiger partial charge in [-0.05, 0) is 6.42 Å². The number of Topliss-reactive ketones (excluding diaryl/α,β-unsaturated/α-hetero) is 1. The summed E-state index contributed by atoms with van der Waals surface area (Å²) in [5.74, 6) is -3.44. The summed E-state index contributed by atoms with van der Waals surface area (Å²) in [6.07, 6.45) is 5.21. The Hall–Kier alpha value is -2.00.